The Balaban J connectivity index is 2.33. The summed E-state index contributed by atoms with van der Waals surface area (Å²) in [5, 5.41) is 8.94. The van der Waals surface area contributed by atoms with Gasteiger partial charge in [-0.15, -0.1) is 0 Å². The third-order valence-electron chi connectivity index (χ3n) is 3.23. The molecule has 0 unspecified atom stereocenters. The molecule has 0 aromatic heterocycles. The summed E-state index contributed by atoms with van der Waals surface area (Å²) >= 11 is 0. The van der Waals surface area contributed by atoms with Crippen LogP contribution < -0.4 is 9.46 Å². The zero-order chi connectivity index (χ0) is 15.5. The molecule has 21 heavy (non-hydrogen) atoms. The molecule has 114 valence electrons. The van der Waals surface area contributed by atoms with E-state index in [-0.39, 0.29) is 22.9 Å². The number of hydrogen-bond acceptors (Lipinski definition) is 4. The molecule has 1 aliphatic rings. The number of nitrogens with one attached hydrogen (secondary N) is 1. The van der Waals surface area contributed by atoms with E-state index in [1.54, 1.807) is 0 Å². The number of rotatable bonds is 6. The number of carboxylic acids is 1. The van der Waals surface area contributed by atoms with E-state index >= 15 is 0 Å². The number of hydrogen-bond donors (Lipinski definition) is 2. The van der Waals surface area contributed by atoms with Gasteiger partial charge in [0.2, 0.25) is 10.0 Å². The van der Waals surface area contributed by atoms with Crippen LogP contribution in [0.1, 0.15) is 18.4 Å². The minimum atomic E-state index is -3.75. The number of sulfonamides is 1. The molecule has 2 rings (SSSR count). The summed E-state index contributed by atoms with van der Waals surface area (Å²) in [6.07, 6.45) is 4.74. The van der Waals surface area contributed by atoms with E-state index in [4.69, 9.17) is 9.84 Å². The molecule has 0 fully saturated rings. The number of aliphatic carboxylic acids is 1. The predicted octanol–water partition coefficient (Wildman–Crippen LogP) is 1.32. The second kappa shape index (κ2) is 6.28. The molecule has 6 nitrogen and oxygen atoms in total. The Hall–Kier alpha value is -1.86. The first-order valence-corrected chi connectivity index (χ1v) is 7.96. The number of ether oxygens (including phenoxy) is 1. The fraction of sp³-hybridized carbons (Fsp3) is 0.357. The van der Waals surface area contributed by atoms with Crippen LogP contribution in [0, 0.1) is 0 Å². The van der Waals surface area contributed by atoms with Gasteiger partial charge in [0.05, 0.1) is 18.4 Å². The Morgan fingerprint density at radius 3 is 2.62 bits per heavy atom. The van der Waals surface area contributed by atoms with Crippen molar-refractivity contribution >= 4 is 16.0 Å². The molecular weight excluding hydrogens is 294 g/mol. The van der Waals surface area contributed by atoms with E-state index in [1.165, 1.54) is 25.3 Å². The van der Waals surface area contributed by atoms with Crippen molar-refractivity contribution in [3.8, 4) is 5.75 Å². The molecule has 1 aromatic carbocycles. The van der Waals surface area contributed by atoms with Crippen LogP contribution in [0.3, 0.4) is 0 Å². The SMILES string of the molecule is COc1ccc(S(=O)(=O)NC2CC=CC2)c(CC(=O)O)c1. The third kappa shape index (κ3) is 3.83. The first-order chi connectivity index (χ1) is 9.92. The van der Waals surface area contributed by atoms with Crippen molar-refractivity contribution in [2.45, 2.75) is 30.2 Å². The Labute approximate surface area is 123 Å². The Kier molecular flexibility index (Phi) is 4.64. The molecular formula is C14H17NO5S. The van der Waals surface area contributed by atoms with Gasteiger partial charge >= 0.3 is 5.97 Å². The van der Waals surface area contributed by atoms with Crippen molar-refractivity contribution in [3.05, 3.63) is 35.9 Å². The lowest BCUT2D eigenvalue weighted by Gasteiger charge is -2.15. The van der Waals surface area contributed by atoms with Crippen LogP contribution in [0.15, 0.2) is 35.2 Å². The smallest absolute Gasteiger partial charge is 0.307 e. The Morgan fingerprint density at radius 1 is 1.38 bits per heavy atom. The minimum Gasteiger partial charge on any atom is -0.497 e. The summed E-state index contributed by atoms with van der Waals surface area (Å²) in [5.74, 6) is -0.671. The van der Waals surface area contributed by atoms with Gasteiger partial charge in [0.25, 0.3) is 0 Å². The highest BCUT2D eigenvalue weighted by Gasteiger charge is 2.24. The highest BCUT2D eigenvalue weighted by Crippen LogP contribution is 2.23. The van der Waals surface area contributed by atoms with Crippen LogP contribution in [0.4, 0.5) is 0 Å². The van der Waals surface area contributed by atoms with E-state index in [0.717, 1.165) is 0 Å². The molecule has 0 spiro atoms. The molecule has 0 heterocycles. The maximum absolute atomic E-state index is 12.4. The highest BCUT2D eigenvalue weighted by atomic mass is 32.2. The maximum Gasteiger partial charge on any atom is 0.307 e. The first-order valence-electron chi connectivity index (χ1n) is 6.48. The fourth-order valence-corrected chi connectivity index (χ4v) is 3.72. The molecule has 0 saturated carbocycles. The molecule has 7 heteroatoms. The summed E-state index contributed by atoms with van der Waals surface area (Å²) in [6.45, 7) is 0. The van der Waals surface area contributed by atoms with Crippen LogP contribution in [0.2, 0.25) is 0 Å². The van der Waals surface area contributed by atoms with E-state index in [0.29, 0.717) is 18.6 Å². The first kappa shape index (κ1) is 15.5. The predicted molar refractivity (Wildman–Crippen MR) is 76.8 cm³/mol. The van der Waals surface area contributed by atoms with Crippen molar-refractivity contribution in [1.82, 2.24) is 4.72 Å². The van der Waals surface area contributed by atoms with E-state index < -0.39 is 16.0 Å². The molecule has 0 aliphatic heterocycles. The standard InChI is InChI=1S/C14H17NO5S/c1-20-12-6-7-13(10(8-12)9-14(16)17)21(18,19)15-11-4-2-3-5-11/h2-3,6-8,11,15H,4-5,9H2,1H3,(H,16,17). The number of methoxy groups -OCH3 is 1. The average molecular weight is 311 g/mol. The van der Waals surface area contributed by atoms with Gasteiger partial charge < -0.3 is 9.84 Å². The molecule has 0 saturated heterocycles. The Morgan fingerprint density at radius 2 is 2.05 bits per heavy atom. The van der Waals surface area contributed by atoms with Gasteiger partial charge in [0, 0.05) is 6.04 Å². The van der Waals surface area contributed by atoms with E-state index in [1.807, 2.05) is 12.2 Å². The normalized spacial score (nSPS) is 15.3. The molecule has 0 radical (unpaired) electrons. The summed E-state index contributed by atoms with van der Waals surface area (Å²) in [4.78, 5) is 10.9. The molecule has 1 aromatic rings. The monoisotopic (exact) mass is 311 g/mol. The van der Waals surface area contributed by atoms with Crippen LogP contribution in [0.25, 0.3) is 0 Å². The summed E-state index contributed by atoms with van der Waals surface area (Å²) < 4.78 is 32.5. The average Bonchev–Trinajstić information content (AvgIpc) is 2.89. The van der Waals surface area contributed by atoms with Gasteiger partial charge in [0.15, 0.2) is 0 Å². The van der Waals surface area contributed by atoms with E-state index in [2.05, 4.69) is 4.72 Å². The van der Waals surface area contributed by atoms with Crippen LogP contribution in [-0.2, 0) is 21.2 Å². The minimum absolute atomic E-state index is 0.0161. The van der Waals surface area contributed by atoms with Crippen molar-refractivity contribution in [2.24, 2.45) is 0 Å². The third-order valence-corrected chi connectivity index (χ3v) is 4.85. The number of carbonyl (C=O) groups is 1. The van der Waals surface area contributed by atoms with Gasteiger partial charge in [-0.1, -0.05) is 12.2 Å². The zero-order valence-corrected chi connectivity index (χ0v) is 12.4. The Bertz CT molecular complexity index is 658. The summed E-state index contributed by atoms with van der Waals surface area (Å²) in [7, 11) is -2.31. The lowest BCUT2D eigenvalue weighted by atomic mass is 10.1. The van der Waals surface area contributed by atoms with Gasteiger partial charge in [-0.05, 0) is 36.6 Å². The molecule has 0 bridgehead atoms. The quantitative estimate of drug-likeness (QED) is 0.773. The fourth-order valence-electron chi connectivity index (χ4n) is 2.24. The zero-order valence-electron chi connectivity index (χ0n) is 11.6. The van der Waals surface area contributed by atoms with Gasteiger partial charge in [-0.25, -0.2) is 13.1 Å². The van der Waals surface area contributed by atoms with Crippen LogP contribution >= 0.6 is 0 Å². The van der Waals surface area contributed by atoms with Crippen molar-refractivity contribution in [1.29, 1.82) is 0 Å². The topological polar surface area (TPSA) is 92.7 Å². The lowest BCUT2D eigenvalue weighted by Crippen LogP contribution is -2.33. The van der Waals surface area contributed by atoms with Gasteiger partial charge in [0.1, 0.15) is 5.75 Å². The van der Waals surface area contributed by atoms with Crippen molar-refractivity contribution in [3.63, 3.8) is 0 Å². The van der Waals surface area contributed by atoms with Crippen LogP contribution in [-0.4, -0.2) is 32.6 Å². The molecule has 0 amide bonds. The van der Waals surface area contributed by atoms with Crippen LogP contribution in [0.5, 0.6) is 5.75 Å². The van der Waals surface area contributed by atoms with Crippen molar-refractivity contribution < 1.29 is 23.1 Å². The number of carboxylic acid groups (broad SMARTS) is 1. The summed E-state index contributed by atoms with van der Waals surface area (Å²) in [5.41, 5.74) is 0.209. The van der Waals surface area contributed by atoms with E-state index in [9.17, 15) is 13.2 Å². The second-order valence-corrected chi connectivity index (χ2v) is 6.49. The maximum atomic E-state index is 12.4. The summed E-state index contributed by atoms with van der Waals surface area (Å²) in [6, 6.07) is 4.15. The largest absolute Gasteiger partial charge is 0.497 e. The lowest BCUT2D eigenvalue weighted by molar-refractivity contribution is -0.136. The van der Waals surface area contributed by atoms with Gasteiger partial charge in [-0.3, -0.25) is 4.79 Å². The molecule has 2 N–H and O–H groups in total. The second-order valence-electron chi connectivity index (χ2n) is 4.81. The molecule has 1 aliphatic carbocycles. The van der Waals surface area contributed by atoms with Crippen molar-refractivity contribution in [2.75, 3.05) is 7.11 Å². The number of benzene rings is 1. The van der Waals surface area contributed by atoms with Gasteiger partial charge in [-0.2, -0.15) is 0 Å². The highest BCUT2D eigenvalue weighted by molar-refractivity contribution is 7.89. The molecule has 0 atom stereocenters.